The van der Waals surface area contributed by atoms with Crippen molar-refractivity contribution in [3.05, 3.63) is 53.6 Å². The van der Waals surface area contributed by atoms with E-state index in [4.69, 9.17) is 14.2 Å². The SMILES string of the molecule is CC[C@@H](C(=O)NC(C)C)N(Cc1ccc(C)cc1)C(=O)COc1cc(OC)cc(OC)c1. The molecule has 7 nitrogen and oxygen atoms in total. The van der Waals surface area contributed by atoms with Gasteiger partial charge in [0.2, 0.25) is 5.91 Å². The molecule has 2 aromatic carbocycles. The van der Waals surface area contributed by atoms with Crippen molar-refractivity contribution in [2.45, 2.75) is 52.7 Å². The first-order valence-electron chi connectivity index (χ1n) is 10.8. The van der Waals surface area contributed by atoms with Crippen LogP contribution in [0.3, 0.4) is 0 Å². The summed E-state index contributed by atoms with van der Waals surface area (Å²) in [7, 11) is 3.10. The van der Waals surface area contributed by atoms with Crippen molar-refractivity contribution in [3.63, 3.8) is 0 Å². The number of carbonyl (C=O) groups is 2. The quantitative estimate of drug-likeness (QED) is 0.574. The predicted molar refractivity (Wildman–Crippen MR) is 124 cm³/mol. The third-order valence-electron chi connectivity index (χ3n) is 4.98. The molecule has 0 radical (unpaired) electrons. The highest BCUT2D eigenvalue weighted by Gasteiger charge is 2.29. The molecule has 174 valence electrons. The Balaban J connectivity index is 2.24. The lowest BCUT2D eigenvalue weighted by atomic mass is 10.1. The van der Waals surface area contributed by atoms with Gasteiger partial charge in [0.15, 0.2) is 6.61 Å². The van der Waals surface area contributed by atoms with Crippen LogP contribution in [0.5, 0.6) is 17.2 Å². The zero-order valence-electron chi connectivity index (χ0n) is 19.8. The molecule has 0 aliphatic rings. The summed E-state index contributed by atoms with van der Waals surface area (Å²) in [5, 5.41) is 2.92. The van der Waals surface area contributed by atoms with E-state index in [1.54, 1.807) is 37.3 Å². The largest absolute Gasteiger partial charge is 0.496 e. The molecule has 0 saturated heterocycles. The molecule has 0 aliphatic heterocycles. The molecule has 2 amide bonds. The Morgan fingerprint density at radius 2 is 1.53 bits per heavy atom. The van der Waals surface area contributed by atoms with Gasteiger partial charge in [-0.25, -0.2) is 0 Å². The Morgan fingerprint density at radius 3 is 2.03 bits per heavy atom. The summed E-state index contributed by atoms with van der Waals surface area (Å²) >= 11 is 0. The monoisotopic (exact) mass is 442 g/mol. The zero-order chi connectivity index (χ0) is 23.7. The highest BCUT2D eigenvalue weighted by atomic mass is 16.5. The minimum Gasteiger partial charge on any atom is -0.496 e. The van der Waals surface area contributed by atoms with Crippen LogP contribution >= 0.6 is 0 Å². The lowest BCUT2D eigenvalue weighted by Crippen LogP contribution is -2.51. The van der Waals surface area contributed by atoms with E-state index in [0.29, 0.717) is 30.2 Å². The van der Waals surface area contributed by atoms with Crippen LogP contribution in [0.4, 0.5) is 0 Å². The molecule has 0 aliphatic carbocycles. The van der Waals surface area contributed by atoms with Gasteiger partial charge in [-0.3, -0.25) is 9.59 Å². The molecule has 0 fully saturated rings. The maximum Gasteiger partial charge on any atom is 0.261 e. The van der Waals surface area contributed by atoms with Crippen molar-refractivity contribution in [1.29, 1.82) is 0 Å². The number of amides is 2. The van der Waals surface area contributed by atoms with Crippen LogP contribution in [-0.4, -0.2) is 49.6 Å². The summed E-state index contributed by atoms with van der Waals surface area (Å²) in [6, 6.07) is 12.4. The van der Waals surface area contributed by atoms with Crippen molar-refractivity contribution in [2.75, 3.05) is 20.8 Å². The molecule has 0 heterocycles. The summed E-state index contributed by atoms with van der Waals surface area (Å²) in [6.45, 7) is 7.80. The maximum atomic E-state index is 13.2. The van der Waals surface area contributed by atoms with Gasteiger partial charge in [-0.2, -0.15) is 0 Å². The minimum absolute atomic E-state index is 0.0200. The van der Waals surface area contributed by atoms with Crippen molar-refractivity contribution >= 4 is 11.8 Å². The molecule has 0 spiro atoms. The normalized spacial score (nSPS) is 11.6. The van der Waals surface area contributed by atoms with E-state index < -0.39 is 6.04 Å². The molecule has 1 N–H and O–H groups in total. The van der Waals surface area contributed by atoms with Crippen LogP contribution in [0.2, 0.25) is 0 Å². The first kappa shape index (κ1) is 25.0. The van der Waals surface area contributed by atoms with Crippen LogP contribution in [0.1, 0.15) is 38.3 Å². The first-order chi connectivity index (χ1) is 15.3. The van der Waals surface area contributed by atoms with Crippen molar-refractivity contribution in [2.24, 2.45) is 0 Å². The van der Waals surface area contributed by atoms with Crippen LogP contribution in [0.15, 0.2) is 42.5 Å². The number of ether oxygens (including phenoxy) is 3. The van der Waals surface area contributed by atoms with Crippen LogP contribution in [0, 0.1) is 6.92 Å². The van der Waals surface area contributed by atoms with Crippen molar-refractivity contribution in [1.82, 2.24) is 10.2 Å². The number of nitrogens with zero attached hydrogens (tertiary/aromatic N) is 1. The number of aryl methyl sites for hydroxylation is 1. The number of nitrogens with one attached hydrogen (secondary N) is 1. The molecular weight excluding hydrogens is 408 g/mol. The second-order valence-electron chi connectivity index (χ2n) is 7.93. The average Bonchev–Trinajstić information content (AvgIpc) is 2.77. The molecule has 2 rings (SSSR count). The van der Waals surface area contributed by atoms with Crippen molar-refractivity contribution < 1.29 is 23.8 Å². The van der Waals surface area contributed by atoms with Gasteiger partial charge in [0.25, 0.3) is 5.91 Å². The molecule has 7 heteroatoms. The van der Waals surface area contributed by atoms with Gasteiger partial charge in [0.1, 0.15) is 23.3 Å². The lowest BCUT2D eigenvalue weighted by Gasteiger charge is -2.31. The fourth-order valence-corrected chi connectivity index (χ4v) is 3.28. The average molecular weight is 443 g/mol. The van der Waals surface area contributed by atoms with Gasteiger partial charge >= 0.3 is 0 Å². The second-order valence-corrected chi connectivity index (χ2v) is 7.93. The Morgan fingerprint density at radius 1 is 0.969 bits per heavy atom. The van der Waals surface area contributed by atoms with Gasteiger partial charge < -0.3 is 24.4 Å². The molecule has 1 atom stereocenters. The molecular formula is C25H34N2O5. The van der Waals surface area contributed by atoms with Crippen LogP contribution in [-0.2, 0) is 16.1 Å². The smallest absolute Gasteiger partial charge is 0.261 e. The fraction of sp³-hybridized carbons (Fsp3) is 0.440. The number of carbonyl (C=O) groups excluding carboxylic acids is 2. The Bertz CT molecular complexity index is 873. The van der Waals surface area contributed by atoms with E-state index in [1.165, 1.54) is 0 Å². The first-order valence-corrected chi connectivity index (χ1v) is 10.8. The topological polar surface area (TPSA) is 77.1 Å². The van der Waals surface area contributed by atoms with Gasteiger partial charge in [-0.1, -0.05) is 36.8 Å². The summed E-state index contributed by atoms with van der Waals surface area (Å²) in [6.07, 6.45) is 0.489. The third kappa shape index (κ3) is 7.18. The van der Waals surface area contributed by atoms with E-state index in [2.05, 4.69) is 5.32 Å². The summed E-state index contributed by atoms with van der Waals surface area (Å²) in [4.78, 5) is 27.7. The standard InChI is InChI=1S/C25H34N2O5/c1-7-23(25(29)26-17(2)3)27(15-19-10-8-18(4)9-11-19)24(28)16-32-22-13-20(30-5)12-21(14-22)31-6/h8-14,17,23H,7,15-16H2,1-6H3,(H,26,29)/t23-/m0/s1. The molecule has 2 aromatic rings. The van der Waals surface area contributed by atoms with Crippen molar-refractivity contribution in [3.8, 4) is 17.2 Å². The van der Waals surface area contributed by atoms with Gasteiger partial charge in [-0.05, 0) is 32.8 Å². The zero-order valence-corrected chi connectivity index (χ0v) is 19.8. The summed E-state index contributed by atoms with van der Waals surface area (Å²) < 4.78 is 16.3. The molecule has 32 heavy (non-hydrogen) atoms. The van der Waals surface area contributed by atoms with Gasteiger partial charge in [-0.15, -0.1) is 0 Å². The molecule has 0 unspecified atom stereocenters. The Hall–Kier alpha value is -3.22. The van der Waals surface area contributed by atoms with Gasteiger partial charge in [0, 0.05) is 30.8 Å². The highest BCUT2D eigenvalue weighted by molar-refractivity contribution is 5.88. The number of hydrogen-bond acceptors (Lipinski definition) is 5. The highest BCUT2D eigenvalue weighted by Crippen LogP contribution is 2.27. The van der Waals surface area contributed by atoms with Gasteiger partial charge in [0.05, 0.1) is 14.2 Å². The molecule has 0 saturated carbocycles. The number of hydrogen-bond donors (Lipinski definition) is 1. The Labute approximate surface area is 190 Å². The van der Waals surface area contributed by atoms with E-state index >= 15 is 0 Å². The van der Waals surface area contributed by atoms with E-state index in [0.717, 1.165) is 11.1 Å². The summed E-state index contributed by atoms with van der Waals surface area (Å²) in [5.41, 5.74) is 2.08. The lowest BCUT2D eigenvalue weighted by molar-refractivity contribution is -0.143. The third-order valence-corrected chi connectivity index (χ3v) is 4.98. The predicted octanol–water partition coefficient (Wildman–Crippen LogP) is 3.72. The maximum absolute atomic E-state index is 13.2. The Kier molecular flexibility index (Phi) is 9.38. The van der Waals surface area contributed by atoms with E-state index in [1.807, 2.05) is 52.0 Å². The number of benzene rings is 2. The van der Waals surface area contributed by atoms with E-state index in [9.17, 15) is 9.59 Å². The summed E-state index contributed by atoms with van der Waals surface area (Å²) in [5.74, 6) is 1.12. The number of rotatable bonds is 11. The second kappa shape index (κ2) is 12.0. The van der Waals surface area contributed by atoms with E-state index in [-0.39, 0.29) is 24.5 Å². The molecule has 0 bridgehead atoms. The van der Waals surface area contributed by atoms with Crippen LogP contribution < -0.4 is 19.5 Å². The fourth-order valence-electron chi connectivity index (χ4n) is 3.28. The minimum atomic E-state index is -0.602. The number of methoxy groups -OCH3 is 2. The van der Waals surface area contributed by atoms with Crippen LogP contribution in [0.25, 0.3) is 0 Å². The molecule has 0 aromatic heterocycles.